The molecule has 76 valence electrons. The second-order valence-corrected chi connectivity index (χ2v) is 2.64. The van der Waals surface area contributed by atoms with E-state index in [0.717, 1.165) is 0 Å². The van der Waals surface area contributed by atoms with Gasteiger partial charge in [-0.1, -0.05) is 0 Å². The Morgan fingerprint density at radius 2 is 2.07 bits per heavy atom. The van der Waals surface area contributed by atoms with Gasteiger partial charge in [0, 0.05) is 21.0 Å². The molecule has 0 aromatic carbocycles. The number of nitriles is 1. The second-order valence-electron chi connectivity index (χ2n) is 2.64. The first-order chi connectivity index (χ1) is 6.40. The Labute approximate surface area is 80.8 Å². The Bertz CT molecular complexity index is 326. The molecule has 0 aliphatic rings. The number of carbonyl (C=O) groups is 1. The molecule has 1 amide bonds. The summed E-state index contributed by atoms with van der Waals surface area (Å²) >= 11 is 0. The minimum absolute atomic E-state index is 0.120. The highest BCUT2D eigenvalue weighted by atomic mass is 16.6. The molecular formula is C7H10N4O3. The number of rotatable bonds is 3. The molecule has 1 N–H and O–H groups in total. The lowest BCUT2D eigenvalue weighted by molar-refractivity contribution is -0.419. The largest absolute Gasteiger partial charge is 0.385 e. The molecule has 0 aliphatic heterocycles. The van der Waals surface area contributed by atoms with Gasteiger partial charge in [0.2, 0.25) is 5.91 Å². The highest BCUT2D eigenvalue weighted by Crippen LogP contribution is 2.03. The monoisotopic (exact) mass is 198 g/mol. The molecule has 0 saturated heterocycles. The molecule has 0 heterocycles. The smallest absolute Gasteiger partial charge is 0.358 e. The normalized spacial score (nSPS) is 11.0. The summed E-state index contributed by atoms with van der Waals surface area (Å²) < 4.78 is 0. The molecule has 0 radical (unpaired) electrons. The van der Waals surface area contributed by atoms with Crippen LogP contribution in [0.15, 0.2) is 11.5 Å². The third-order valence-corrected chi connectivity index (χ3v) is 1.25. The van der Waals surface area contributed by atoms with Crippen molar-refractivity contribution in [3.05, 3.63) is 21.6 Å². The number of amides is 1. The Hall–Kier alpha value is -2.10. The van der Waals surface area contributed by atoms with Gasteiger partial charge in [-0.05, 0) is 0 Å². The molecule has 0 spiro atoms. The maximum Gasteiger partial charge on any atom is 0.385 e. The molecule has 0 aromatic heterocycles. The topological polar surface area (TPSA) is 99.3 Å². The van der Waals surface area contributed by atoms with Crippen molar-refractivity contribution in [2.45, 2.75) is 6.92 Å². The van der Waals surface area contributed by atoms with Crippen LogP contribution in [0.4, 0.5) is 0 Å². The molecule has 7 nitrogen and oxygen atoms in total. The zero-order valence-corrected chi connectivity index (χ0v) is 8.07. The highest BCUT2D eigenvalue weighted by Gasteiger charge is 2.20. The van der Waals surface area contributed by atoms with Crippen molar-refractivity contribution in [3.8, 4) is 6.07 Å². The Balaban J connectivity index is 5.23. The zero-order chi connectivity index (χ0) is 11.3. The lowest BCUT2D eigenvalue weighted by Crippen LogP contribution is -2.31. The van der Waals surface area contributed by atoms with Crippen molar-refractivity contribution < 1.29 is 9.72 Å². The molecule has 0 saturated carbocycles. The molecule has 7 heteroatoms. The third-order valence-electron chi connectivity index (χ3n) is 1.25. The maximum absolute atomic E-state index is 10.7. The Kier molecular flexibility index (Phi) is 4.09. The standard InChI is InChI=1S/C7H10N4O3/c1-5(12)9-7(10(2)3)6(4-8)11(13)14/h1-3H3,(H,9,12). The zero-order valence-electron chi connectivity index (χ0n) is 8.07. The van der Waals surface area contributed by atoms with E-state index in [-0.39, 0.29) is 5.82 Å². The summed E-state index contributed by atoms with van der Waals surface area (Å²) in [6, 6.07) is 1.41. The fourth-order valence-electron chi connectivity index (χ4n) is 0.730. The van der Waals surface area contributed by atoms with E-state index in [4.69, 9.17) is 5.26 Å². The van der Waals surface area contributed by atoms with Gasteiger partial charge in [-0.25, -0.2) is 0 Å². The predicted molar refractivity (Wildman–Crippen MR) is 47.1 cm³/mol. The van der Waals surface area contributed by atoms with Crippen LogP contribution >= 0.6 is 0 Å². The van der Waals surface area contributed by atoms with Crippen LogP contribution in [0.2, 0.25) is 0 Å². The first-order valence-electron chi connectivity index (χ1n) is 3.63. The van der Waals surface area contributed by atoms with Gasteiger partial charge in [0.05, 0.1) is 4.92 Å². The average Bonchev–Trinajstić information content (AvgIpc) is 2.02. The van der Waals surface area contributed by atoms with Crippen LogP contribution in [0.25, 0.3) is 0 Å². The second kappa shape index (κ2) is 4.81. The van der Waals surface area contributed by atoms with Crippen LogP contribution in [0.3, 0.4) is 0 Å². The van der Waals surface area contributed by atoms with E-state index >= 15 is 0 Å². The van der Waals surface area contributed by atoms with Gasteiger partial charge in [0.25, 0.3) is 0 Å². The van der Waals surface area contributed by atoms with Crippen molar-refractivity contribution >= 4 is 5.91 Å². The quantitative estimate of drug-likeness (QED) is 0.379. The van der Waals surface area contributed by atoms with Crippen molar-refractivity contribution in [2.24, 2.45) is 0 Å². The average molecular weight is 198 g/mol. The van der Waals surface area contributed by atoms with Crippen molar-refractivity contribution in [1.82, 2.24) is 10.2 Å². The van der Waals surface area contributed by atoms with Crippen molar-refractivity contribution in [2.75, 3.05) is 14.1 Å². The van der Waals surface area contributed by atoms with E-state index in [1.807, 2.05) is 0 Å². The van der Waals surface area contributed by atoms with Gasteiger partial charge in [0.15, 0.2) is 11.9 Å². The summed E-state index contributed by atoms with van der Waals surface area (Å²) in [7, 11) is 2.98. The third kappa shape index (κ3) is 3.10. The van der Waals surface area contributed by atoms with Gasteiger partial charge in [-0.3, -0.25) is 14.9 Å². The van der Waals surface area contributed by atoms with Crippen LogP contribution in [-0.4, -0.2) is 29.8 Å². The first kappa shape index (κ1) is 11.9. The van der Waals surface area contributed by atoms with Crippen molar-refractivity contribution in [3.63, 3.8) is 0 Å². The summed E-state index contributed by atoms with van der Waals surface area (Å²) in [5.74, 6) is -0.590. The lowest BCUT2D eigenvalue weighted by atomic mass is 10.4. The molecule has 14 heavy (non-hydrogen) atoms. The molecule has 0 aliphatic carbocycles. The van der Waals surface area contributed by atoms with E-state index in [1.165, 1.54) is 32.0 Å². The highest BCUT2D eigenvalue weighted by molar-refractivity contribution is 5.74. The maximum atomic E-state index is 10.7. The number of hydrogen-bond donors (Lipinski definition) is 1. The molecule has 0 fully saturated rings. The minimum Gasteiger partial charge on any atom is -0.358 e. The fourth-order valence-corrected chi connectivity index (χ4v) is 0.730. The summed E-state index contributed by atoms with van der Waals surface area (Å²) in [4.78, 5) is 21.6. The Morgan fingerprint density at radius 1 is 1.57 bits per heavy atom. The molecule has 0 atom stereocenters. The molecule has 0 aromatic rings. The van der Waals surface area contributed by atoms with Crippen LogP contribution in [0.1, 0.15) is 6.92 Å². The van der Waals surface area contributed by atoms with E-state index < -0.39 is 16.5 Å². The van der Waals surface area contributed by atoms with Crippen LogP contribution in [0, 0.1) is 21.4 Å². The number of hydrogen-bond acceptors (Lipinski definition) is 5. The van der Waals surface area contributed by atoms with Gasteiger partial charge in [-0.2, -0.15) is 5.26 Å². The number of nitrogens with one attached hydrogen (secondary N) is 1. The number of nitro groups is 1. The molecule has 0 unspecified atom stereocenters. The van der Waals surface area contributed by atoms with E-state index in [9.17, 15) is 14.9 Å². The summed E-state index contributed by atoms with van der Waals surface area (Å²) in [5.41, 5.74) is -0.690. The molecule has 0 bridgehead atoms. The van der Waals surface area contributed by atoms with Crippen LogP contribution < -0.4 is 5.32 Å². The molecule has 0 rings (SSSR count). The SMILES string of the molecule is CC(=O)NC(=C(C#N)[N+](=O)[O-])N(C)C. The van der Waals surface area contributed by atoms with E-state index in [2.05, 4.69) is 5.32 Å². The summed E-state index contributed by atoms with van der Waals surface area (Å²) in [6.07, 6.45) is 0. The molecular weight excluding hydrogens is 188 g/mol. The van der Waals surface area contributed by atoms with Gasteiger partial charge >= 0.3 is 5.70 Å². The van der Waals surface area contributed by atoms with Crippen molar-refractivity contribution in [1.29, 1.82) is 5.26 Å². The van der Waals surface area contributed by atoms with Gasteiger partial charge < -0.3 is 10.2 Å². The minimum atomic E-state index is -0.842. The number of allylic oxidation sites excluding steroid dienone is 1. The van der Waals surface area contributed by atoms with E-state index in [0.29, 0.717) is 0 Å². The number of nitrogens with zero attached hydrogens (tertiary/aromatic N) is 3. The van der Waals surface area contributed by atoms with Gasteiger partial charge in [-0.15, -0.1) is 0 Å². The lowest BCUT2D eigenvalue weighted by Gasteiger charge is -2.14. The Morgan fingerprint density at radius 3 is 2.29 bits per heavy atom. The van der Waals surface area contributed by atoms with Crippen LogP contribution in [-0.2, 0) is 4.79 Å². The predicted octanol–water partition coefficient (Wildman–Crippen LogP) is -0.347. The summed E-state index contributed by atoms with van der Waals surface area (Å²) in [6.45, 7) is 1.21. The van der Waals surface area contributed by atoms with Crippen LogP contribution in [0.5, 0.6) is 0 Å². The number of carbonyl (C=O) groups excluding carboxylic acids is 1. The van der Waals surface area contributed by atoms with Gasteiger partial charge in [0.1, 0.15) is 0 Å². The van der Waals surface area contributed by atoms with E-state index in [1.54, 1.807) is 0 Å². The fraction of sp³-hybridized carbons (Fsp3) is 0.429. The summed E-state index contributed by atoms with van der Waals surface area (Å²) in [5, 5.41) is 21.1. The first-order valence-corrected chi connectivity index (χ1v) is 3.63.